The van der Waals surface area contributed by atoms with Crippen LogP contribution in [-0.2, 0) is 5.60 Å². The maximum Gasteiger partial charge on any atom is 0.254 e. The second-order valence-electron chi connectivity index (χ2n) is 7.29. The van der Waals surface area contributed by atoms with Gasteiger partial charge in [0.05, 0.1) is 24.0 Å². The summed E-state index contributed by atoms with van der Waals surface area (Å²) in [6, 6.07) is 3.80. The Balaban J connectivity index is 1.74. The summed E-state index contributed by atoms with van der Waals surface area (Å²) >= 11 is 0. The van der Waals surface area contributed by atoms with Crippen molar-refractivity contribution in [1.82, 2.24) is 15.1 Å². The minimum atomic E-state index is -1.25. The Kier molecular flexibility index (Phi) is 4.73. The highest BCUT2D eigenvalue weighted by Gasteiger charge is 2.34. The van der Waals surface area contributed by atoms with E-state index >= 15 is 0 Å². The molecule has 1 fully saturated rings. The van der Waals surface area contributed by atoms with E-state index < -0.39 is 5.60 Å². The molecule has 6 heteroatoms. The van der Waals surface area contributed by atoms with Gasteiger partial charge in [0.25, 0.3) is 5.91 Å². The van der Waals surface area contributed by atoms with E-state index in [2.05, 4.69) is 24.3 Å². The van der Waals surface area contributed by atoms with Crippen molar-refractivity contribution in [3.63, 3.8) is 0 Å². The summed E-state index contributed by atoms with van der Waals surface area (Å²) in [7, 11) is 0. The minimum absolute atomic E-state index is 0.0808. The summed E-state index contributed by atoms with van der Waals surface area (Å²) in [4.78, 5) is 12.7. The Bertz CT molecular complexity index is 756. The molecule has 6 nitrogen and oxygen atoms in total. The van der Waals surface area contributed by atoms with Gasteiger partial charge in [-0.3, -0.25) is 9.48 Å². The predicted molar refractivity (Wildman–Crippen MR) is 94.6 cm³/mol. The number of aliphatic hydroxyl groups is 1. The van der Waals surface area contributed by atoms with E-state index in [9.17, 15) is 9.90 Å². The molecule has 2 atom stereocenters. The maximum atomic E-state index is 12.7. The van der Waals surface area contributed by atoms with Crippen LogP contribution in [0.15, 0.2) is 22.7 Å². The highest BCUT2D eigenvalue weighted by Crippen LogP contribution is 2.42. The lowest BCUT2D eigenvalue weighted by atomic mass is 10.0. The fraction of sp³-hybridized carbons (Fsp3) is 0.579. The van der Waals surface area contributed by atoms with Gasteiger partial charge in [0.2, 0.25) is 0 Å². The van der Waals surface area contributed by atoms with Crippen molar-refractivity contribution in [3.8, 4) is 0 Å². The third-order valence-corrected chi connectivity index (χ3v) is 4.92. The predicted octanol–water partition coefficient (Wildman–Crippen LogP) is 3.27. The van der Waals surface area contributed by atoms with E-state index in [1.54, 1.807) is 25.3 Å². The average Bonchev–Trinajstić information content (AvgIpc) is 3.16. The molecule has 2 unspecified atom stereocenters. The Morgan fingerprint density at radius 3 is 2.80 bits per heavy atom. The number of furan rings is 1. The van der Waals surface area contributed by atoms with Crippen LogP contribution < -0.4 is 5.32 Å². The Hall–Kier alpha value is -2.08. The lowest BCUT2D eigenvalue weighted by Gasteiger charge is -2.21. The van der Waals surface area contributed by atoms with E-state index in [1.807, 2.05) is 11.6 Å². The molecule has 136 valence electrons. The molecule has 0 aliphatic heterocycles. The molecule has 0 saturated heterocycles. The molecule has 0 bridgehead atoms. The fourth-order valence-electron chi connectivity index (χ4n) is 2.99. The summed E-state index contributed by atoms with van der Waals surface area (Å²) < 4.78 is 7.48. The normalized spacial score (nSPS) is 18.0. The van der Waals surface area contributed by atoms with Crippen molar-refractivity contribution in [3.05, 3.63) is 41.1 Å². The SMILES string of the molecule is CCC(C)n1ncc(C(=O)NCC(C)(O)c2ccc(C)o2)c1C1CC1. The zero-order valence-corrected chi connectivity index (χ0v) is 15.4. The number of aryl methyl sites for hydroxylation is 1. The maximum absolute atomic E-state index is 12.7. The minimum Gasteiger partial charge on any atom is -0.463 e. The lowest BCUT2D eigenvalue weighted by molar-refractivity contribution is 0.0323. The van der Waals surface area contributed by atoms with E-state index in [4.69, 9.17) is 4.42 Å². The smallest absolute Gasteiger partial charge is 0.254 e. The first-order chi connectivity index (χ1) is 11.8. The number of nitrogens with one attached hydrogen (secondary N) is 1. The molecule has 1 aliphatic rings. The van der Waals surface area contributed by atoms with Gasteiger partial charge in [0.1, 0.15) is 17.1 Å². The Labute approximate surface area is 148 Å². The summed E-state index contributed by atoms with van der Waals surface area (Å²) in [6.07, 6.45) is 4.83. The van der Waals surface area contributed by atoms with Gasteiger partial charge in [0, 0.05) is 12.0 Å². The van der Waals surface area contributed by atoms with Crippen molar-refractivity contribution in [2.75, 3.05) is 6.54 Å². The van der Waals surface area contributed by atoms with Gasteiger partial charge in [-0.2, -0.15) is 5.10 Å². The lowest BCUT2D eigenvalue weighted by Crippen LogP contribution is -2.38. The van der Waals surface area contributed by atoms with Crippen LogP contribution in [-0.4, -0.2) is 27.3 Å². The molecule has 1 aliphatic carbocycles. The monoisotopic (exact) mass is 345 g/mol. The standard InChI is InChI=1S/C19H27N3O3/c1-5-12(2)22-17(14-7-8-14)15(10-21-22)18(23)20-11-19(4,24)16-9-6-13(3)25-16/h6,9-10,12,14,24H,5,7-8,11H2,1-4H3,(H,20,23). The number of hydrogen-bond donors (Lipinski definition) is 2. The summed E-state index contributed by atoms with van der Waals surface area (Å²) in [5.74, 6) is 1.40. The van der Waals surface area contributed by atoms with Gasteiger partial charge in [0.15, 0.2) is 0 Å². The van der Waals surface area contributed by atoms with Crippen LogP contribution in [0.25, 0.3) is 0 Å². The summed E-state index contributed by atoms with van der Waals surface area (Å²) in [5, 5.41) is 17.9. The van der Waals surface area contributed by atoms with E-state index in [-0.39, 0.29) is 18.5 Å². The number of rotatable bonds is 7. The number of aromatic nitrogens is 2. The van der Waals surface area contributed by atoms with Crippen LogP contribution in [0.4, 0.5) is 0 Å². The first-order valence-electron chi connectivity index (χ1n) is 8.98. The van der Waals surface area contributed by atoms with Gasteiger partial charge < -0.3 is 14.8 Å². The quantitative estimate of drug-likeness (QED) is 0.807. The molecule has 2 aromatic heterocycles. The topological polar surface area (TPSA) is 80.3 Å². The Morgan fingerprint density at radius 1 is 1.52 bits per heavy atom. The fourth-order valence-corrected chi connectivity index (χ4v) is 2.99. The molecule has 1 saturated carbocycles. The second-order valence-corrected chi connectivity index (χ2v) is 7.29. The van der Waals surface area contributed by atoms with Crippen LogP contribution >= 0.6 is 0 Å². The van der Waals surface area contributed by atoms with Crippen molar-refractivity contribution in [2.45, 2.75) is 64.5 Å². The molecule has 0 radical (unpaired) electrons. The molecular formula is C19H27N3O3. The van der Waals surface area contributed by atoms with Gasteiger partial charge in [-0.15, -0.1) is 0 Å². The molecule has 25 heavy (non-hydrogen) atoms. The third-order valence-electron chi connectivity index (χ3n) is 4.92. The molecule has 0 aromatic carbocycles. The van der Waals surface area contributed by atoms with Crippen LogP contribution in [0.2, 0.25) is 0 Å². The largest absolute Gasteiger partial charge is 0.463 e. The third kappa shape index (κ3) is 3.63. The molecule has 1 amide bonds. The molecular weight excluding hydrogens is 318 g/mol. The van der Waals surface area contributed by atoms with E-state index in [0.29, 0.717) is 17.2 Å². The first-order valence-corrected chi connectivity index (χ1v) is 8.98. The molecule has 2 heterocycles. The molecule has 0 spiro atoms. The Morgan fingerprint density at radius 2 is 2.24 bits per heavy atom. The van der Waals surface area contributed by atoms with Crippen LogP contribution in [0.3, 0.4) is 0 Å². The van der Waals surface area contributed by atoms with Crippen molar-refractivity contribution >= 4 is 5.91 Å². The van der Waals surface area contributed by atoms with Crippen LogP contribution in [0.5, 0.6) is 0 Å². The van der Waals surface area contributed by atoms with Gasteiger partial charge >= 0.3 is 0 Å². The van der Waals surface area contributed by atoms with Crippen LogP contribution in [0.1, 0.15) is 79.6 Å². The number of amides is 1. The van der Waals surface area contributed by atoms with Crippen molar-refractivity contribution in [1.29, 1.82) is 0 Å². The van der Waals surface area contributed by atoms with E-state index in [0.717, 1.165) is 30.7 Å². The van der Waals surface area contributed by atoms with Crippen LogP contribution in [0, 0.1) is 6.92 Å². The molecule has 2 N–H and O–H groups in total. The first kappa shape index (κ1) is 17.7. The number of carbonyl (C=O) groups excluding carboxylic acids is 1. The zero-order chi connectivity index (χ0) is 18.2. The van der Waals surface area contributed by atoms with E-state index in [1.165, 1.54) is 0 Å². The highest BCUT2D eigenvalue weighted by atomic mass is 16.4. The number of nitrogens with zero attached hydrogens (tertiary/aromatic N) is 2. The molecule has 3 rings (SSSR count). The van der Waals surface area contributed by atoms with Gasteiger partial charge in [-0.1, -0.05) is 6.92 Å². The van der Waals surface area contributed by atoms with Crippen molar-refractivity contribution in [2.24, 2.45) is 0 Å². The highest BCUT2D eigenvalue weighted by molar-refractivity contribution is 5.95. The number of carbonyl (C=O) groups is 1. The summed E-state index contributed by atoms with van der Waals surface area (Å²) in [6.45, 7) is 7.77. The molecule has 2 aromatic rings. The van der Waals surface area contributed by atoms with Crippen molar-refractivity contribution < 1.29 is 14.3 Å². The average molecular weight is 345 g/mol. The zero-order valence-electron chi connectivity index (χ0n) is 15.4. The van der Waals surface area contributed by atoms with Gasteiger partial charge in [-0.25, -0.2) is 0 Å². The summed E-state index contributed by atoms with van der Waals surface area (Å²) in [5.41, 5.74) is 0.394. The number of hydrogen-bond acceptors (Lipinski definition) is 4. The van der Waals surface area contributed by atoms with Gasteiger partial charge in [-0.05, 0) is 52.2 Å². The second kappa shape index (κ2) is 6.67.